The molecule has 0 spiro atoms. The number of unbranched alkanes of at least 4 members (excludes halogenated alkanes) is 22. The topological polar surface area (TPSA) is 56.8 Å². The predicted molar refractivity (Wildman–Crippen MR) is 182 cm³/mol. The molecule has 0 fully saturated rings. The summed E-state index contributed by atoms with van der Waals surface area (Å²) in [6.45, 7) is 7.56. The lowest BCUT2D eigenvalue weighted by molar-refractivity contribution is 0.0689. The molecule has 0 heterocycles. The van der Waals surface area contributed by atoms with Crippen LogP contribution in [0, 0.1) is 5.92 Å². The van der Waals surface area contributed by atoms with Gasteiger partial charge in [-0.15, -0.1) is 0 Å². The Bertz CT molecular complexity index is 488. The normalized spacial score (nSPS) is 11.4. The van der Waals surface area contributed by atoms with Crippen LogP contribution in [0.15, 0.2) is 0 Å². The summed E-state index contributed by atoms with van der Waals surface area (Å²) in [4.78, 5) is 12.2. The summed E-state index contributed by atoms with van der Waals surface area (Å²) in [6, 6.07) is 0. The zero-order valence-electron chi connectivity index (χ0n) is 28.8. The summed E-state index contributed by atoms with van der Waals surface area (Å²) in [5.74, 6) is 0.499. The van der Waals surface area contributed by atoms with Crippen molar-refractivity contribution in [2.24, 2.45) is 5.92 Å². The highest BCUT2D eigenvalue weighted by atomic mass is 16.5. The zero-order chi connectivity index (χ0) is 30.6. The predicted octanol–water partition coefficient (Wildman–Crippen LogP) is 11.6. The van der Waals surface area contributed by atoms with Crippen LogP contribution in [0.5, 0.6) is 0 Å². The van der Waals surface area contributed by atoms with E-state index in [0.717, 1.165) is 6.42 Å². The summed E-state index contributed by atoms with van der Waals surface area (Å²) in [7, 11) is 1.67. The molecule has 0 radical (unpaired) electrons. The highest BCUT2D eigenvalue weighted by molar-refractivity contribution is 5.67. The first kappa shape index (κ1) is 41.2. The molecule has 0 bridgehead atoms. The number of amides is 1. The molecule has 5 nitrogen and oxygen atoms in total. The van der Waals surface area contributed by atoms with E-state index < -0.39 is 0 Å². The number of carbonyl (C=O) groups excluding carboxylic acids is 1. The van der Waals surface area contributed by atoms with Gasteiger partial charge in [-0.3, -0.25) is 0 Å². The highest BCUT2D eigenvalue weighted by Gasteiger charge is 2.12. The molecule has 5 heteroatoms. The monoisotopic (exact) mass is 598 g/mol. The molecule has 0 aromatic carbocycles. The first-order chi connectivity index (χ1) is 20.7. The van der Waals surface area contributed by atoms with Crippen LogP contribution >= 0.6 is 0 Å². The van der Waals surface area contributed by atoms with E-state index in [4.69, 9.17) is 14.2 Å². The Morgan fingerprint density at radius 1 is 0.524 bits per heavy atom. The lowest BCUT2D eigenvalue weighted by atomic mass is 9.94. The zero-order valence-corrected chi connectivity index (χ0v) is 28.8. The second-order valence-electron chi connectivity index (χ2n) is 12.7. The van der Waals surface area contributed by atoms with Gasteiger partial charge in [0.25, 0.3) is 0 Å². The van der Waals surface area contributed by atoms with Gasteiger partial charge in [-0.05, 0) is 25.2 Å². The first-order valence-corrected chi connectivity index (χ1v) is 18.7. The van der Waals surface area contributed by atoms with Crippen molar-refractivity contribution >= 4 is 6.09 Å². The first-order valence-electron chi connectivity index (χ1n) is 18.7. The van der Waals surface area contributed by atoms with E-state index in [2.05, 4.69) is 19.2 Å². The summed E-state index contributed by atoms with van der Waals surface area (Å²) in [5, 5.41) is 2.89. The molecular formula is C37H75NO4. The Morgan fingerprint density at radius 2 is 0.929 bits per heavy atom. The van der Waals surface area contributed by atoms with Crippen LogP contribution in [0.1, 0.15) is 187 Å². The third-order valence-electron chi connectivity index (χ3n) is 8.55. The number of carbonyl (C=O) groups is 1. The SMILES string of the molecule is CCCCCCCCCCCCCCC(CCCCCCCCCCCCCC)COC(=O)NCCCOCCOC. The largest absolute Gasteiger partial charge is 0.449 e. The van der Waals surface area contributed by atoms with Crippen molar-refractivity contribution in [3.05, 3.63) is 0 Å². The second-order valence-corrected chi connectivity index (χ2v) is 12.7. The van der Waals surface area contributed by atoms with Crippen molar-refractivity contribution in [2.75, 3.05) is 40.1 Å². The minimum Gasteiger partial charge on any atom is -0.449 e. The summed E-state index contributed by atoms with van der Waals surface area (Å²) in [6.07, 6.45) is 36.1. The second kappa shape index (κ2) is 36.4. The maximum absolute atomic E-state index is 12.2. The fourth-order valence-corrected chi connectivity index (χ4v) is 5.71. The van der Waals surface area contributed by atoms with Gasteiger partial charge in [0.15, 0.2) is 0 Å². The third-order valence-corrected chi connectivity index (χ3v) is 8.55. The number of ether oxygens (including phenoxy) is 3. The lowest BCUT2D eigenvalue weighted by Gasteiger charge is -2.17. The van der Waals surface area contributed by atoms with Gasteiger partial charge in [0.05, 0.1) is 19.8 Å². The molecule has 0 aliphatic carbocycles. The van der Waals surface area contributed by atoms with E-state index in [1.54, 1.807) is 7.11 Å². The van der Waals surface area contributed by atoms with E-state index in [1.165, 1.54) is 167 Å². The quantitative estimate of drug-likeness (QED) is 0.0738. The molecule has 252 valence electrons. The van der Waals surface area contributed by atoms with Crippen LogP contribution in [0.3, 0.4) is 0 Å². The van der Waals surface area contributed by atoms with Gasteiger partial charge in [0.1, 0.15) is 0 Å². The van der Waals surface area contributed by atoms with Crippen LogP contribution in [0.25, 0.3) is 0 Å². The Hall–Kier alpha value is -0.810. The maximum atomic E-state index is 12.2. The molecule has 0 aliphatic heterocycles. The average Bonchev–Trinajstić information content (AvgIpc) is 3.00. The van der Waals surface area contributed by atoms with Crippen molar-refractivity contribution in [3.63, 3.8) is 0 Å². The van der Waals surface area contributed by atoms with Crippen LogP contribution in [0.2, 0.25) is 0 Å². The van der Waals surface area contributed by atoms with Crippen LogP contribution in [-0.2, 0) is 14.2 Å². The smallest absolute Gasteiger partial charge is 0.407 e. The molecule has 0 rings (SSSR count). The fourth-order valence-electron chi connectivity index (χ4n) is 5.71. The Balaban J connectivity index is 4.02. The Morgan fingerprint density at radius 3 is 1.33 bits per heavy atom. The van der Waals surface area contributed by atoms with Crippen molar-refractivity contribution in [2.45, 2.75) is 187 Å². The standard InChI is InChI=1S/C37H75NO4/c1-4-6-8-10-12-14-16-18-20-22-24-26-29-36(35-42-37(39)38-31-28-32-41-34-33-40-3)30-27-25-23-21-19-17-15-13-11-9-7-5-2/h36H,4-35H2,1-3H3,(H,38,39). The maximum Gasteiger partial charge on any atom is 0.407 e. The molecule has 42 heavy (non-hydrogen) atoms. The highest BCUT2D eigenvalue weighted by Crippen LogP contribution is 2.21. The summed E-state index contributed by atoms with van der Waals surface area (Å²) >= 11 is 0. The van der Waals surface area contributed by atoms with Gasteiger partial charge in [-0.2, -0.15) is 0 Å². The lowest BCUT2D eigenvalue weighted by Crippen LogP contribution is -2.28. The van der Waals surface area contributed by atoms with E-state index >= 15 is 0 Å². The van der Waals surface area contributed by atoms with Gasteiger partial charge in [-0.25, -0.2) is 4.79 Å². The van der Waals surface area contributed by atoms with E-state index in [1.807, 2.05) is 0 Å². The van der Waals surface area contributed by atoms with Gasteiger partial charge >= 0.3 is 6.09 Å². The van der Waals surface area contributed by atoms with Crippen molar-refractivity contribution in [3.8, 4) is 0 Å². The van der Waals surface area contributed by atoms with Crippen molar-refractivity contribution in [1.29, 1.82) is 0 Å². The number of methoxy groups -OCH3 is 1. The Labute approximate surface area is 263 Å². The molecular weight excluding hydrogens is 522 g/mol. The number of alkyl carbamates (subject to hydrolysis) is 1. The van der Waals surface area contributed by atoms with Gasteiger partial charge in [-0.1, -0.05) is 168 Å². The van der Waals surface area contributed by atoms with Gasteiger partial charge in [0.2, 0.25) is 0 Å². The average molecular weight is 598 g/mol. The molecule has 0 aromatic heterocycles. The minimum atomic E-state index is -0.277. The summed E-state index contributed by atoms with van der Waals surface area (Å²) in [5.41, 5.74) is 0. The number of nitrogens with one attached hydrogen (secondary N) is 1. The van der Waals surface area contributed by atoms with Gasteiger partial charge in [0, 0.05) is 20.3 Å². The number of hydrogen-bond donors (Lipinski definition) is 1. The number of hydrogen-bond acceptors (Lipinski definition) is 4. The van der Waals surface area contributed by atoms with Crippen LogP contribution < -0.4 is 5.32 Å². The van der Waals surface area contributed by atoms with Crippen molar-refractivity contribution in [1.82, 2.24) is 5.32 Å². The van der Waals surface area contributed by atoms with E-state index in [0.29, 0.717) is 38.9 Å². The van der Waals surface area contributed by atoms with E-state index in [-0.39, 0.29) is 6.09 Å². The molecule has 0 aliphatic rings. The van der Waals surface area contributed by atoms with Crippen molar-refractivity contribution < 1.29 is 19.0 Å². The van der Waals surface area contributed by atoms with Crippen LogP contribution in [0.4, 0.5) is 4.79 Å². The molecule has 0 atom stereocenters. The van der Waals surface area contributed by atoms with Gasteiger partial charge < -0.3 is 19.5 Å². The molecule has 0 unspecified atom stereocenters. The molecule has 0 aromatic rings. The molecule has 0 saturated carbocycles. The molecule has 1 N–H and O–H groups in total. The molecule has 0 saturated heterocycles. The summed E-state index contributed by atoms with van der Waals surface area (Å²) < 4.78 is 16.1. The third kappa shape index (κ3) is 33.7. The van der Waals surface area contributed by atoms with Crippen LogP contribution in [-0.4, -0.2) is 46.2 Å². The molecule has 1 amide bonds. The minimum absolute atomic E-state index is 0.277. The number of rotatable bonds is 35. The fraction of sp³-hybridized carbons (Fsp3) is 0.973. The van der Waals surface area contributed by atoms with E-state index in [9.17, 15) is 4.79 Å². The Kier molecular flexibility index (Phi) is 35.7.